The van der Waals surface area contributed by atoms with Gasteiger partial charge in [-0.05, 0) is 76.5 Å². The Morgan fingerprint density at radius 3 is 2.59 bits per heavy atom. The Morgan fingerprint density at radius 2 is 1.88 bits per heavy atom. The van der Waals surface area contributed by atoms with E-state index in [9.17, 15) is 40.8 Å². The molecule has 15 nitrogen and oxygen atoms in total. The number of halogens is 3. The average molecular weight is 848 g/mol. The lowest BCUT2D eigenvalue weighted by atomic mass is 9.87. The van der Waals surface area contributed by atoms with E-state index in [1.54, 1.807) is 12.1 Å². The number of carbonyl (C=O) groups is 4. The molecule has 5 heterocycles. The lowest BCUT2D eigenvalue weighted by Crippen LogP contribution is -2.58. The van der Waals surface area contributed by atoms with Gasteiger partial charge in [-0.25, -0.2) is 18.2 Å². The molecule has 2 aromatic rings. The van der Waals surface area contributed by atoms with Crippen LogP contribution in [0.3, 0.4) is 0 Å². The van der Waals surface area contributed by atoms with Crippen molar-refractivity contribution in [2.75, 3.05) is 26.9 Å². The second kappa shape index (κ2) is 15.1. The van der Waals surface area contributed by atoms with Crippen molar-refractivity contribution < 1.29 is 59.7 Å². The predicted octanol–water partition coefficient (Wildman–Crippen LogP) is 4.20. The summed E-state index contributed by atoms with van der Waals surface area (Å²) in [5, 5.41) is 5.87. The van der Waals surface area contributed by atoms with Gasteiger partial charge in [-0.15, -0.1) is 0 Å². The highest BCUT2D eigenvalue weighted by molar-refractivity contribution is 7.91. The molecule has 19 heteroatoms. The third kappa shape index (κ3) is 7.91. The Balaban J connectivity index is 1.15. The van der Waals surface area contributed by atoms with E-state index < -0.39 is 91.5 Å². The number of carbonyl (C=O) groups excluding carboxylic acids is 4. The summed E-state index contributed by atoms with van der Waals surface area (Å²) in [5.41, 5.74) is -4.12. The van der Waals surface area contributed by atoms with Crippen molar-refractivity contribution in [1.29, 1.82) is 0 Å². The van der Waals surface area contributed by atoms with Gasteiger partial charge in [-0.3, -0.25) is 19.1 Å². The van der Waals surface area contributed by atoms with E-state index >= 15 is 0 Å². The zero-order valence-corrected chi connectivity index (χ0v) is 33.6. The van der Waals surface area contributed by atoms with Crippen LogP contribution in [0.2, 0.25) is 0 Å². The Labute approximate surface area is 339 Å². The molecule has 4 fully saturated rings. The molecular weight excluding hydrogens is 800 g/mol. The molecule has 0 bridgehead atoms. The summed E-state index contributed by atoms with van der Waals surface area (Å²) in [6.07, 6.45) is 1.17. The Morgan fingerprint density at radius 1 is 1.08 bits per heavy atom. The summed E-state index contributed by atoms with van der Waals surface area (Å²) in [6, 6.07) is 1.94. The van der Waals surface area contributed by atoms with Crippen molar-refractivity contribution in [2.24, 2.45) is 5.92 Å². The lowest BCUT2D eigenvalue weighted by Gasteiger charge is -2.37. The Bertz CT molecular complexity index is 2190. The number of pyridine rings is 1. The topological polar surface area (TPSA) is 192 Å². The van der Waals surface area contributed by atoms with Crippen LogP contribution in [0.5, 0.6) is 11.5 Å². The first kappa shape index (κ1) is 41.1. The fourth-order valence-corrected chi connectivity index (χ4v) is 10.1. The number of alkyl halides is 3. The molecule has 59 heavy (non-hydrogen) atoms. The molecule has 8 rings (SSSR count). The number of aryl methyl sites for hydroxylation is 1. The predicted molar refractivity (Wildman–Crippen MR) is 204 cm³/mol. The molecule has 2 aliphatic carbocycles. The van der Waals surface area contributed by atoms with Crippen molar-refractivity contribution in [3.63, 3.8) is 0 Å². The number of ether oxygens (including phenoxy) is 4. The summed E-state index contributed by atoms with van der Waals surface area (Å²) in [5.74, 6) is -3.09. The van der Waals surface area contributed by atoms with Crippen LogP contribution in [0.4, 0.5) is 18.0 Å². The number of methoxy groups -OCH3 is 1. The molecule has 1 spiro atoms. The zero-order chi connectivity index (χ0) is 42.0. The number of nitrogens with one attached hydrogen (secondary N) is 3. The van der Waals surface area contributed by atoms with Gasteiger partial charge >= 0.3 is 12.3 Å². The van der Waals surface area contributed by atoms with Gasteiger partial charge in [0.15, 0.2) is 11.4 Å². The van der Waals surface area contributed by atoms with Crippen molar-refractivity contribution in [2.45, 2.75) is 124 Å². The number of hydrogen-bond donors (Lipinski definition) is 3. The van der Waals surface area contributed by atoms with Gasteiger partial charge in [0.2, 0.25) is 21.8 Å². The minimum absolute atomic E-state index is 0.0638. The molecule has 0 radical (unpaired) electrons. The second-order valence-corrected chi connectivity index (χ2v) is 19.1. The van der Waals surface area contributed by atoms with Crippen molar-refractivity contribution in [3.8, 4) is 11.5 Å². The van der Waals surface area contributed by atoms with Gasteiger partial charge in [0.05, 0.1) is 37.1 Å². The fourth-order valence-electron chi connectivity index (χ4n) is 8.76. The molecule has 2 saturated heterocycles. The molecular formula is C40H48F3N5O10S. The monoisotopic (exact) mass is 847 g/mol. The maximum Gasteiger partial charge on any atom is 0.437 e. The molecule has 1 aromatic carbocycles. The van der Waals surface area contributed by atoms with Crippen LogP contribution < -0.4 is 24.8 Å². The van der Waals surface area contributed by atoms with Crippen LogP contribution in [0.15, 0.2) is 30.4 Å². The molecule has 3 N–H and O–H groups in total. The summed E-state index contributed by atoms with van der Waals surface area (Å²) < 4.78 is 94.3. The molecule has 4 aliphatic heterocycles. The number of fused-ring (bicyclic) bond motifs is 5. The van der Waals surface area contributed by atoms with E-state index in [0.29, 0.717) is 62.7 Å². The van der Waals surface area contributed by atoms with E-state index in [0.717, 1.165) is 0 Å². The highest BCUT2D eigenvalue weighted by atomic mass is 32.2. The third-order valence-corrected chi connectivity index (χ3v) is 14.9. The number of nitrogens with zero attached hydrogens (tertiary/aromatic N) is 2. The molecule has 4 amide bonds. The first-order chi connectivity index (χ1) is 28.0. The van der Waals surface area contributed by atoms with Gasteiger partial charge in [0, 0.05) is 29.7 Å². The van der Waals surface area contributed by atoms with E-state index in [-0.39, 0.29) is 56.3 Å². The number of allylic oxidation sites excluding steroid dienone is 1. The highest BCUT2D eigenvalue weighted by Crippen LogP contribution is 2.50. The standard InChI is InChI=1S/C40H48F3N5O10S/c1-37(15-16-37)59(53,54)47-35(51)39-19-23(39)8-6-4-3-5-7-9-29(45-36(52)57-25-13-17-56-21-25)34(50)48-22-38(20-30(48)33(49)46-39)14-12-26-27-18-24(55-2)10-11-28(27)44-32(31(26)58-38)40(41,42)43/h6,8,10-11,18,23,25,29-30H,3-5,7,9,12-17,19-22H2,1-2H3,(H,45,52)(H,46,49)(H,47,51)/b8-6-/t23-,25?,29+,30+,38-,39-/m1/s1. The Kier molecular flexibility index (Phi) is 10.5. The van der Waals surface area contributed by atoms with E-state index in [1.165, 1.54) is 31.1 Å². The third-order valence-electron chi connectivity index (χ3n) is 12.7. The maximum atomic E-state index is 14.8. The zero-order valence-electron chi connectivity index (χ0n) is 32.8. The van der Waals surface area contributed by atoms with E-state index in [1.807, 2.05) is 6.08 Å². The number of sulfonamides is 1. The van der Waals surface area contributed by atoms with Gasteiger partial charge in [-0.1, -0.05) is 25.0 Å². The van der Waals surface area contributed by atoms with Crippen molar-refractivity contribution in [3.05, 3.63) is 41.6 Å². The number of aromatic nitrogens is 1. The number of alkyl carbamates (subject to hydrolysis) is 1. The largest absolute Gasteiger partial charge is 0.497 e. The number of benzene rings is 1. The summed E-state index contributed by atoms with van der Waals surface area (Å²) in [4.78, 5) is 61.7. The summed E-state index contributed by atoms with van der Waals surface area (Å²) >= 11 is 0. The Hall–Kier alpha value is -4.65. The van der Waals surface area contributed by atoms with Crippen LogP contribution in [0.25, 0.3) is 10.9 Å². The second-order valence-electron chi connectivity index (χ2n) is 16.9. The van der Waals surface area contributed by atoms with E-state index in [4.69, 9.17) is 18.9 Å². The van der Waals surface area contributed by atoms with Crippen LogP contribution in [-0.2, 0) is 46.5 Å². The molecule has 6 aliphatic rings. The molecule has 6 atom stereocenters. The number of hydrogen-bond acceptors (Lipinski definition) is 11. The van der Waals surface area contributed by atoms with Crippen LogP contribution >= 0.6 is 0 Å². The average Bonchev–Trinajstić information content (AvgIpc) is 3.98. The summed E-state index contributed by atoms with van der Waals surface area (Å²) in [7, 11) is -2.66. The molecule has 320 valence electrons. The van der Waals surface area contributed by atoms with Gasteiger partial charge < -0.3 is 34.5 Å². The smallest absolute Gasteiger partial charge is 0.437 e. The van der Waals surface area contributed by atoms with Gasteiger partial charge in [-0.2, -0.15) is 13.2 Å². The summed E-state index contributed by atoms with van der Waals surface area (Å²) in [6.45, 7) is 1.80. The molecule has 1 unspecified atom stereocenters. The van der Waals surface area contributed by atoms with Crippen LogP contribution in [0, 0.1) is 5.92 Å². The quantitative estimate of drug-likeness (QED) is 0.353. The molecule has 2 saturated carbocycles. The highest BCUT2D eigenvalue weighted by Gasteiger charge is 2.64. The van der Waals surface area contributed by atoms with Gasteiger partial charge in [0.1, 0.15) is 35.1 Å². The number of amides is 4. The van der Waals surface area contributed by atoms with Gasteiger partial charge in [0.25, 0.3) is 5.91 Å². The fraction of sp³-hybridized carbons (Fsp3) is 0.625. The van der Waals surface area contributed by atoms with Crippen molar-refractivity contribution in [1.82, 2.24) is 25.2 Å². The van der Waals surface area contributed by atoms with Crippen molar-refractivity contribution >= 4 is 44.7 Å². The lowest BCUT2D eigenvalue weighted by molar-refractivity contribution is -0.144. The molecule has 1 aromatic heterocycles. The van der Waals surface area contributed by atoms with Crippen LogP contribution in [-0.4, -0.2) is 103 Å². The minimum Gasteiger partial charge on any atom is -0.497 e. The minimum atomic E-state index is -4.93. The number of rotatable bonds is 6. The van der Waals surface area contributed by atoms with E-state index in [2.05, 4.69) is 20.3 Å². The first-order valence-corrected chi connectivity index (χ1v) is 21.6. The maximum absolute atomic E-state index is 14.8. The van der Waals surface area contributed by atoms with Crippen LogP contribution in [0.1, 0.15) is 88.8 Å². The SMILES string of the molecule is COc1ccc2nc(C(F)(F)F)c3c(c2c1)CC[C@]1(C[C@H]2C(=O)N[C@]4(C(=O)NS(=O)(=O)C5(C)CC5)C[C@H]4/C=C\CCCCC[C@H](NC(=O)OC4CCOC4)C(=O)N2C1)O3. The normalized spacial score (nSPS) is 31.0. The first-order valence-electron chi connectivity index (χ1n) is 20.1.